The van der Waals surface area contributed by atoms with Gasteiger partial charge in [0, 0.05) is 5.56 Å². The highest BCUT2D eigenvalue weighted by atomic mass is 79.9. The van der Waals surface area contributed by atoms with E-state index in [0.29, 0.717) is 0 Å². The molecule has 106 valence electrons. The largest absolute Gasteiger partial charge is 0.293 e. The lowest BCUT2D eigenvalue weighted by atomic mass is 10.0. The molecule has 2 aromatic rings. The maximum atomic E-state index is 12.8. The Bertz CT molecular complexity index is 561. The maximum absolute atomic E-state index is 12.8. The van der Waals surface area contributed by atoms with Crippen molar-refractivity contribution in [1.82, 2.24) is 0 Å². The molecule has 0 N–H and O–H groups in total. The Morgan fingerprint density at radius 1 is 1.00 bits per heavy atom. The lowest BCUT2D eigenvalue weighted by Crippen LogP contribution is -2.26. The molecule has 1 nitrogen and oxygen atoms in total. The molecule has 0 aliphatic rings. The summed E-state index contributed by atoms with van der Waals surface area (Å²) in [6.45, 7) is 0. The number of hydrogen-bond acceptors (Lipinski definition) is 1. The Kier molecular flexibility index (Phi) is 5.06. The van der Waals surface area contributed by atoms with Crippen LogP contribution in [0.5, 0.6) is 0 Å². The number of benzene rings is 2. The highest BCUT2D eigenvalue weighted by Crippen LogP contribution is 2.54. The fourth-order valence-corrected chi connectivity index (χ4v) is 4.30. The van der Waals surface area contributed by atoms with Crippen molar-refractivity contribution in [2.75, 3.05) is 12.5 Å². The van der Waals surface area contributed by atoms with Crippen LogP contribution in [-0.2, 0) is 6.42 Å². The van der Waals surface area contributed by atoms with Gasteiger partial charge in [-0.1, -0.05) is 60.7 Å². The molecule has 3 heteroatoms. The number of halogens is 1. The van der Waals surface area contributed by atoms with Crippen LogP contribution in [0.1, 0.15) is 15.9 Å². The molecule has 1 unspecified atom stereocenters. The summed E-state index contributed by atoms with van der Waals surface area (Å²) >= 11 is 3.76. The minimum atomic E-state index is -1.15. The quantitative estimate of drug-likeness (QED) is 0.704. The molecular weight excluding hydrogens is 332 g/mol. The SMILES string of the molecule is CS(C)(Br)C(Cc1ccccc1)C(=O)c1ccccc1. The molecule has 0 saturated heterocycles. The Morgan fingerprint density at radius 3 is 2.00 bits per heavy atom. The molecule has 1 atom stereocenters. The average Bonchev–Trinajstić information content (AvgIpc) is 2.45. The van der Waals surface area contributed by atoms with Crippen molar-refractivity contribution < 1.29 is 4.79 Å². The number of Topliss-reactive ketones (excluding diaryl/α,β-unsaturated/α-hetero) is 1. The Hall–Kier alpha value is -1.06. The zero-order valence-electron chi connectivity index (χ0n) is 11.8. The van der Waals surface area contributed by atoms with E-state index in [0.717, 1.165) is 12.0 Å². The van der Waals surface area contributed by atoms with Crippen molar-refractivity contribution in [2.45, 2.75) is 11.7 Å². The van der Waals surface area contributed by atoms with E-state index in [1.54, 1.807) is 0 Å². The molecule has 0 fully saturated rings. The molecule has 0 bridgehead atoms. The highest BCUT2D eigenvalue weighted by molar-refractivity contribution is 9.58. The van der Waals surface area contributed by atoms with E-state index in [9.17, 15) is 4.79 Å². The van der Waals surface area contributed by atoms with Crippen LogP contribution >= 0.6 is 23.3 Å². The average molecular weight is 351 g/mol. The van der Waals surface area contributed by atoms with E-state index in [4.69, 9.17) is 0 Å². The van der Waals surface area contributed by atoms with Gasteiger partial charge in [0.1, 0.15) is 0 Å². The first-order valence-electron chi connectivity index (χ1n) is 6.53. The number of carbonyl (C=O) groups excluding carboxylic acids is 1. The summed E-state index contributed by atoms with van der Waals surface area (Å²) in [7, 11) is -1.15. The third-order valence-electron chi connectivity index (χ3n) is 3.29. The van der Waals surface area contributed by atoms with Crippen LogP contribution < -0.4 is 0 Å². The number of carbonyl (C=O) groups is 1. The molecule has 2 aromatic carbocycles. The summed E-state index contributed by atoms with van der Waals surface area (Å²) in [6, 6.07) is 19.8. The van der Waals surface area contributed by atoms with Crippen molar-refractivity contribution in [3.05, 3.63) is 71.8 Å². The highest BCUT2D eigenvalue weighted by Gasteiger charge is 2.30. The minimum absolute atomic E-state index is 0.00713. The summed E-state index contributed by atoms with van der Waals surface area (Å²) in [6.07, 6.45) is 5.06. The number of hydrogen-bond donors (Lipinski definition) is 0. The van der Waals surface area contributed by atoms with E-state index in [2.05, 4.69) is 39.5 Å². The van der Waals surface area contributed by atoms with Gasteiger partial charge in [0.2, 0.25) is 0 Å². The van der Waals surface area contributed by atoms with Gasteiger partial charge in [-0.3, -0.25) is 4.79 Å². The van der Waals surface area contributed by atoms with E-state index >= 15 is 0 Å². The lowest BCUT2D eigenvalue weighted by molar-refractivity contribution is 0.0988. The lowest BCUT2D eigenvalue weighted by Gasteiger charge is -2.32. The van der Waals surface area contributed by atoms with Gasteiger partial charge in [0.15, 0.2) is 5.78 Å². The first-order valence-corrected chi connectivity index (χ1v) is 10.9. The van der Waals surface area contributed by atoms with Gasteiger partial charge in [-0.2, -0.15) is 8.46 Å². The van der Waals surface area contributed by atoms with Gasteiger partial charge in [0.05, 0.1) is 5.25 Å². The van der Waals surface area contributed by atoms with Crippen molar-refractivity contribution in [3.8, 4) is 0 Å². The Balaban J connectivity index is 2.27. The van der Waals surface area contributed by atoms with Crippen LogP contribution in [0, 0.1) is 0 Å². The third-order valence-corrected chi connectivity index (χ3v) is 6.38. The zero-order chi connectivity index (χ0) is 14.6. The molecule has 0 spiro atoms. The van der Waals surface area contributed by atoms with Gasteiger partial charge in [-0.25, -0.2) is 0 Å². The summed E-state index contributed by atoms with van der Waals surface area (Å²) in [4.78, 5) is 12.8. The van der Waals surface area contributed by atoms with Crippen LogP contribution in [0.15, 0.2) is 60.7 Å². The van der Waals surface area contributed by atoms with Gasteiger partial charge in [-0.05, 0) is 39.3 Å². The smallest absolute Gasteiger partial charge is 0.175 e. The van der Waals surface area contributed by atoms with Gasteiger partial charge in [-0.15, -0.1) is 0 Å². The second-order valence-electron chi connectivity index (χ2n) is 5.19. The molecule has 0 amide bonds. The van der Waals surface area contributed by atoms with E-state index in [1.165, 1.54) is 5.56 Å². The second-order valence-corrected chi connectivity index (χ2v) is 13.3. The Morgan fingerprint density at radius 2 is 1.50 bits per heavy atom. The third kappa shape index (κ3) is 3.97. The van der Waals surface area contributed by atoms with Crippen LogP contribution in [-0.4, -0.2) is 23.5 Å². The summed E-state index contributed by atoms with van der Waals surface area (Å²) in [5.41, 5.74) is 2.01. The fourth-order valence-electron chi connectivity index (χ4n) is 2.16. The number of rotatable bonds is 5. The van der Waals surface area contributed by atoms with Gasteiger partial charge < -0.3 is 0 Å². The second kappa shape index (κ2) is 6.59. The van der Waals surface area contributed by atoms with Crippen LogP contribution in [0.25, 0.3) is 0 Å². The molecule has 20 heavy (non-hydrogen) atoms. The van der Waals surface area contributed by atoms with Crippen molar-refractivity contribution >= 4 is 29.1 Å². The van der Waals surface area contributed by atoms with Crippen LogP contribution in [0.3, 0.4) is 0 Å². The predicted octanol–water partition coefficient (Wildman–Crippen LogP) is 4.85. The van der Waals surface area contributed by atoms with Gasteiger partial charge in [0.25, 0.3) is 0 Å². The summed E-state index contributed by atoms with van der Waals surface area (Å²) in [5, 5.41) is -0.00713. The number of ketones is 1. The molecule has 0 aromatic heterocycles. The maximum Gasteiger partial charge on any atom is 0.175 e. The molecule has 0 heterocycles. The van der Waals surface area contributed by atoms with Crippen LogP contribution in [0.4, 0.5) is 0 Å². The summed E-state index contributed by atoms with van der Waals surface area (Å²) in [5.74, 6) is 0.228. The minimum Gasteiger partial charge on any atom is -0.293 e. The molecule has 0 saturated carbocycles. The fraction of sp³-hybridized carbons (Fsp3) is 0.235. The molecule has 0 aliphatic carbocycles. The summed E-state index contributed by atoms with van der Waals surface area (Å²) < 4.78 is 0. The Labute approximate surface area is 129 Å². The molecule has 2 rings (SSSR count). The monoisotopic (exact) mass is 350 g/mol. The van der Waals surface area contributed by atoms with Crippen molar-refractivity contribution in [3.63, 3.8) is 0 Å². The normalized spacial score (nSPS) is 13.8. The zero-order valence-corrected chi connectivity index (χ0v) is 14.2. The van der Waals surface area contributed by atoms with E-state index < -0.39 is 8.46 Å². The standard InChI is InChI=1S/C17H19BrOS/c1-20(2,18)16(13-14-9-5-3-6-10-14)17(19)15-11-7-4-8-12-15/h3-12,16H,13H2,1-2H3. The topological polar surface area (TPSA) is 17.1 Å². The molecule has 0 radical (unpaired) electrons. The predicted molar refractivity (Wildman–Crippen MR) is 93.1 cm³/mol. The molecule has 0 aliphatic heterocycles. The van der Waals surface area contributed by atoms with Gasteiger partial charge >= 0.3 is 0 Å². The van der Waals surface area contributed by atoms with E-state index in [-0.39, 0.29) is 11.0 Å². The molecular formula is C17H19BrOS. The first-order chi connectivity index (χ1) is 9.48. The first kappa shape index (κ1) is 15.3. The van der Waals surface area contributed by atoms with Crippen LogP contribution in [0.2, 0.25) is 0 Å². The van der Waals surface area contributed by atoms with Crippen molar-refractivity contribution in [1.29, 1.82) is 0 Å². The van der Waals surface area contributed by atoms with E-state index in [1.807, 2.05) is 48.5 Å². The van der Waals surface area contributed by atoms with Crippen molar-refractivity contribution in [2.24, 2.45) is 0 Å².